The second kappa shape index (κ2) is 7.52. The number of pyridine rings is 1. The van der Waals surface area contributed by atoms with Crippen LogP contribution in [0.25, 0.3) is 0 Å². The molecular formula is C16H28N2. The van der Waals surface area contributed by atoms with Crippen molar-refractivity contribution in [3.05, 3.63) is 29.6 Å². The fraction of sp³-hybridized carbons (Fsp3) is 0.688. The summed E-state index contributed by atoms with van der Waals surface area (Å²) in [7, 11) is 0. The zero-order valence-electron chi connectivity index (χ0n) is 12.5. The number of rotatable bonds is 7. The van der Waals surface area contributed by atoms with Crippen LogP contribution in [0.2, 0.25) is 0 Å². The summed E-state index contributed by atoms with van der Waals surface area (Å²) in [5.41, 5.74) is 2.54. The molecule has 2 nitrogen and oxygen atoms in total. The fourth-order valence-electron chi connectivity index (χ4n) is 2.18. The molecule has 0 bridgehead atoms. The van der Waals surface area contributed by atoms with Crippen molar-refractivity contribution in [2.75, 3.05) is 6.54 Å². The van der Waals surface area contributed by atoms with Crippen LogP contribution in [0, 0.1) is 18.8 Å². The van der Waals surface area contributed by atoms with Gasteiger partial charge in [-0.3, -0.25) is 4.98 Å². The molecule has 1 N–H and O–H groups in total. The lowest BCUT2D eigenvalue weighted by Gasteiger charge is -2.28. The third-order valence-corrected chi connectivity index (χ3v) is 3.87. The number of nitrogens with zero attached hydrogens (tertiary/aromatic N) is 1. The van der Waals surface area contributed by atoms with Gasteiger partial charge in [0.2, 0.25) is 0 Å². The molecule has 1 rings (SSSR count). The van der Waals surface area contributed by atoms with Gasteiger partial charge in [0.1, 0.15) is 0 Å². The number of aryl methyl sites for hydroxylation is 1. The standard InChI is InChI=1S/C16H28N2/c1-6-9-17-16(14(5)12(2)3)11-15-13(4)8-7-10-18-15/h7-8,10,12,14,16-17H,6,9,11H2,1-5H3. The Morgan fingerprint density at radius 1 is 1.28 bits per heavy atom. The van der Waals surface area contributed by atoms with Crippen LogP contribution in [0.3, 0.4) is 0 Å². The molecule has 0 aromatic carbocycles. The van der Waals surface area contributed by atoms with Crippen LogP contribution >= 0.6 is 0 Å². The van der Waals surface area contributed by atoms with Crippen LogP contribution in [0.5, 0.6) is 0 Å². The van der Waals surface area contributed by atoms with E-state index in [1.54, 1.807) is 0 Å². The Labute approximate surface area is 112 Å². The quantitative estimate of drug-likeness (QED) is 0.797. The molecule has 1 aromatic heterocycles. The van der Waals surface area contributed by atoms with Crippen LogP contribution in [-0.4, -0.2) is 17.6 Å². The molecule has 1 heterocycles. The molecule has 1 aromatic rings. The third kappa shape index (κ3) is 4.41. The monoisotopic (exact) mass is 248 g/mol. The predicted octanol–water partition coefficient (Wildman–Crippen LogP) is 3.59. The van der Waals surface area contributed by atoms with Gasteiger partial charge < -0.3 is 5.32 Å². The molecule has 0 spiro atoms. The van der Waals surface area contributed by atoms with E-state index in [4.69, 9.17) is 0 Å². The van der Waals surface area contributed by atoms with Gasteiger partial charge in [0.05, 0.1) is 0 Å². The van der Waals surface area contributed by atoms with Crippen molar-refractivity contribution < 1.29 is 0 Å². The van der Waals surface area contributed by atoms with Crippen molar-refractivity contribution in [2.24, 2.45) is 11.8 Å². The highest BCUT2D eigenvalue weighted by atomic mass is 14.9. The second-order valence-corrected chi connectivity index (χ2v) is 5.63. The van der Waals surface area contributed by atoms with Crippen molar-refractivity contribution in [3.8, 4) is 0 Å². The summed E-state index contributed by atoms with van der Waals surface area (Å²) in [5.74, 6) is 1.36. The van der Waals surface area contributed by atoms with Gasteiger partial charge in [-0.2, -0.15) is 0 Å². The van der Waals surface area contributed by atoms with Gasteiger partial charge >= 0.3 is 0 Å². The Hall–Kier alpha value is -0.890. The van der Waals surface area contributed by atoms with E-state index in [2.05, 4.69) is 51.0 Å². The molecule has 0 aliphatic heterocycles. The molecule has 0 radical (unpaired) electrons. The van der Waals surface area contributed by atoms with Crippen LogP contribution in [0.15, 0.2) is 18.3 Å². The van der Waals surface area contributed by atoms with Gasteiger partial charge in [0, 0.05) is 24.4 Å². The average Bonchev–Trinajstić information content (AvgIpc) is 2.35. The summed E-state index contributed by atoms with van der Waals surface area (Å²) in [6.45, 7) is 12.4. The molecule has 2 atom stereocenters. The second-order valence-electron chi connectivity index (χ2n) is 5.63. The van der Waals surface area contributed by atoms with E-state index in [1.165, 1.54) is 17.7 Å². The summed E-state index contributed by atoms with van der Waals surface area (Å²) in [6, 6.07) is 4.69. The molecule has 0 amide bonds. The Bertz CT molecular complexity index is 347. The molecule has 0 fully saturated rings. The van der Waals surface area contributed by atoms with Crippen LogP contribution in [0.1, 0.15) is 45.4 Å². The molecule has 102 valence electrons. The van der Waals surface area contributed by atoms with Crippen LogP contribution in [0.4, 0.5) is 0 Å². The molecular weight excluding hydrogens is 220 g/mol. The van der Waals surface area contributed by atoms with E-state index in [1.807, 2.05) is 12.3 Å². The van der Waals surface area contributed by atoms with Crippen molar-refractivity contribution >= 4 is 0 Å². The first-order valence-electron chi connectivity index (χ1n) is 7.20. The Morgan fingerprint density at radius 3 is 2.56 bits per heavy atom. The van der Waals surface area contributed by atoms with Gasteiger partial charge in [-0.05, 0) is 43.4 Å². The smallest absolute Gasteiger partial charge is 0.0448 e. The summed E-state index contributed by atoms with van der Waals surface area (Å²) >= 11 is 0. The van der Waals surface area contributed by atoms with Gasteiger partial charge in [0.25, 0.3) is 0 Å². The third-order valence-electron chi connectivity index (χ3n) is 3.87. The predicted molar refractivity (Wildman–Crippen MR) is 78.8 cm³/mol. The summed E-state index contributed by atoms with van der Waals surface area (Å²) < 4.78 is 0. The van der Waals surface area contributed by atoms with Gasteiger partial charge in [-0.1, -0.05) is 33.8 Å². The first kappa shape index (κ1) is 15.2. The van der Waals surface area contributed by atoms with Crippen molar-refractivity contribution in [1.82, 2.24) is 10.3 Å². The van der Waals surface area contributed by atoms with Crippen molar-refractivity contribution in [3.63, 3.8) is 0 Å². The number of hydrogen-bond acceptors (Lipinski definition) is 2. The zero-order valence-corrected chi connectivity index (χ0v) is 12.5. The number of hydrogen-bond donors (Lipinski definition) is 1. The summed E-state index contributed by atoms with van der Waals surface area (Å²) in [6.07, 6.45) is 4.12. The minimum Gasteiger partial charge on any atom is -0.313 e. The normalized spacial score (nSPS) is 14.8. The lowest BCUT2D eigenvalue weighted by Crippen LogP contribution is -2.39. The lowest BCUT2D eigenvalue weighted by molar-refractivity contribution is 0.295. The molecule has 18 heavy (non-hydrogen) atoms. The Morgan fingerprint density at radius 2 is 2.00 bits per heavy atom. The van der Waals surface area contributed by atoms with E-state index in [0.717, 1.165) is 13.0 Å². The topological polar surface area (TPSA) is 24.9 Å². The fourth-order valence-corrected chi connectivity index (χ4v) is 2.18. The van der Waals surface area contributed by atoms with E-state index in [0.29, 0.717) is 17.9 Å². The summed E-state index contributed by atoms with van der Waals surface area (Å²) in [4.78, 5) is 4.53. The van der Waals surface area contributed by atoms with Gasteiger partial charge in [0.15, 0.2) is 0 Å². The lowest BCUT2D eigenvalue weighted by atomic mass is 9.87. The first-order valence-corrected chi connectivity index (χ1v) is 7.20. The maximum absolute atomic E-state index is 4.53. The molecule has 0 aliphatic carbocycles. The van der Waals surface area contributed by atoms with Crippen LogP contribution in [-0.2, 0) is 6.42 Å². The van der Waals surface area contributed by atoms with Crippen molar-refractivity contribution in [2.45, 2.75) is 53.5 Å². The highest BCUT2D eigenvalue weighted by molar-refractivity contribution is 5.18. The molecule has 0 saturated heterocycles. The highest BCUT2D eigenvalue weighted by Crippen LogP contribution is 2.19. The Balaban J connectivity index is 2.74. The number of aromatic nitrogens is 1. The minimum absolute atomic E-state index is 0.526. The zero-order chi connectivity index (χ0) is 13.5. The minimum atomic E-state index is 0.526. The van der Waals surface area contributed by atoms with Gasteiger partial charge in [-0.15, -0.1) is 0 Å². The van der Waals surface area contributed by atoms with E-state index >= 15 is 0 Å². The largest absolute Gasteiger partial charge is 0.313 e. The van der Waals surface area contributed by atoms with Gasteiger partial charge in [-0.25, -0.2) is 0 Å². The SMILES string of the molecule is CCCNC(Cc1ncccc1C)C(C)C(C)C. The van der Waals surface area contributed by atoms with E-state index < -0.39 is 0 Å². The first-order chi connectivity index (χ1) is 8.56. The molecule has 0 aliphatic rings. The average molecular weight is 248 g/mol. The van der Waals surface area contributed by atoms with E-state index in [9.17, 15) is 0 Å². The molecule has 2 unspecified atom stereocenters. The van der Waals surface area contributed by atoms with E-state index in [-0.39, 0.29) is 0 Å². The highest BCUT2D eigenvalue weighted by Gasteiger charge is 2.20. The molecule has 2 heteroatoms. The summed E-state index contributed by atoms with van der Waals surface area (Å²) in [5, 5.41) is 3.69. The number of nitrogens with one attached hydrogen (secondary N) is 1. The Kier molecular flexibility index (Phi) is 6.34. The van der Waals surface area contributed by atoms with Crippen molar-refractivity contribution in [1.29, 1.82) is 0 Å². The molecule has 0 saturated carbocycles. The van der Waals surface area contributed by atoms with Crippen LogP contribution < -0.4 is 5.32 Å². The maximum atomic E-state index is 4.53. The maximum Gasteiger partial charge on any atom is 0.0448 e.